The van der Waals surface area contributed by atoms with E-state index < -0.39 is 0 Å². The van der Waals surface area contributed by atoms with Gasteiger partial charge in [0.15, 0.2) is 0 Å². The van der Waals surface area contributed by atoms with Crippen molar-refractivity contribution in [3.05, 3.63) is 70.7 Å². The summed E-state index contributed by atoms with van der Waals surface area (Å²) in [7, 11) is 0. The van der Waals surface area contributed by atoms with Gasteiger partial charge in [-0.3, -0.25) is 10.0 Å². The topological polar surface area (TPSA) is 77.2 Å². The van der Waals surface area contributed by atoms with Crippen molar-refractivity contribution in [1.82, 2.24) is 15.8 Å². The van der Waals surface area contributed by atoms with Crippen LogP contribution in [-0.4, -0.2) is 22.6 Å². The Hall–Kier alpha value is -2.70. The summed E-state index contributed by atoms with van der Waals surface area (Å²) in [5, 5.41) is 12.9. The van der Waals surface area contributed by atoms with Gasteiger partial charge in [0.2, 0.25) is 5.91 Å². The molecule has 2 aromatic carbocycles. The Morgan fingerprint density at radius 1 is 1.11 bits per heavy atom. The summed E-state index contributed by atoms with van der Waals surface area (Å²) in [5.74, 6) is -0.597. The summed E-state index contributed by atoms with van der Waals surface area (Å²) < 4.78 is 13.5. The molecular weight excluding hydrogens is 345 g/mol. The standard InChI is InChI=1S/C21H24FN3O2/c1-14-18(19-12-17(22)7-8-20(19)24-14)10-11-23-13-16-4-2-15(3-5-16)6-9-21(26)25-27/h2-5,7-8,12,23-24,27H,6,9-11,13H2,1H3,(H,25,26). The number of aromatic nitrogens is 1. The summed E-state index contributed by atoms with van der Waals surface area (Å²) in [5.41, 5.74) is 7.04. The van der Waals surface area contributed by atoms with Crippen LogP contribution in [0.3, 0.4) is 0 Å². The second-order valence-corrected chi connectivity index (χ2v) is 6.70. The van der Waals surface area contributed by atoms with Crippen LogP contribution < -0.4 is 10.8 Å². The number of carbonyl (C=O) groups is 1. The van der Waals surface area contributed by atoms with Gasteiger partial charge in [0.25, 0.3) is 0 Å². The number of amides is 1. The fourth-order valence-electron chi connectivity index (χ4n) is 3.26. The Balaban J connectivity index is 1.50. The summed E-state index contributed by atoms with van der Waals surface area (Å²) in [4.78, 5) is 14.4. The predicted octanol–water partition coefficient (Wildman–Crippen LogP) is 3.39. The van der Waals surface area contributed by atoms with Crippen molar-refractivity contribution in [2.45, 2.75) is 32.7 Å². The second-order valence-electron chi connectivity index (χ2n) is 6.70. The number of carbonyl (C=O) groups excluding carboxylic acids is 1. The fourth-order valence-corrected chi connectivity index (χ4v) is 3.26. The van der Waals surface area contributed by atoms with Crippen LogP contribution in [0.25, 0.3) is 10.9 Å². The molecule has 0 spiro atoms. The Morgan fingerprint density at radius 2 is 1.85 bits per heavy atom. The van der Waals surface area contributed by atoms with E-state index in [0.717, 1.165) is 52.8 Å². The Bertz CT molecular complexity index is 919. The lowest BCUT2D eigenvalue weighted by Crippen LogP contribution is -2.18. The number of benzene rings is 2. The average molecular weight is 369 g/mol. The fraction of sp³-hybridized carbons (Fsp3) is 0.286. The van der Waals surface area contributed by atoms with Gasteiger partial charge in [0, 0.05) is 29.6 Å². The van der Waals surface area contributed by atoms with E-state index in [-0.39, 0.29) is 18.1 Å². The van der Waals surface area contributed by atoms with Crippen molar-refractivity contribution in [2.24, 2.45) is 0 Å². The zero-order valence-electron chi connectivity index (χ0n) is 15.3. The van der Waals surface area contributed by atoms with Gasteiger partial charge in [-0.2, -0.15) is 0 Å². The highest BCUT2D eigenvalue weighted by Gasteiger charge is 2.09. The molecule has 0 saturated carbocycles. The molecule has 5 nitrogen and oxygen atoms in total. The van der Waals surface area contributed by atoms with Crippen LogP contribution in [0.1, 0.15) is 28.8 Å². The third-order valence-electron chi connectivity index (χ3n) is 4.75. The maximum Gasteiger partial charge on any atom is 0.243 e. The first-order valence-corrected chi connectivity index (χ1v) is 9.05. The van der Waals surface area contributed by atoms with Crippen molar-refractivity contribution < 1.29 is 14.4 Å². The molecule has 3 rings (SSSR count). The number of hydroxylamine groups is 1. The molecule has 142 valence electrons. The van der Waals surface area contributed by atoms with Gasteiger partial charge >= 0.3 is 0 Å². The maximum atomic E-state index is 13.5. The van der Waals surface area contributed by atoms with Crippen LogP contribution in [0.2, 0.25) is 0 Å². The highest BCUT2D eigenvalue weighted by Crippen LogP contribution is 2.23. The molecule has 0 radical (unpaired) electrons. The minimum Gasteiger partial charge on any atom is -0.358 e. The molecule has 0 aliphatic heterocycles. The Kier molecular flexibility index (Phi) is 6.21. The van der Waals surface area contributed by atoms with Gasteiger partial charge in [-0.15, -0.1) is 0 Å². The number of aryl methyl sites for hydroxylation is 2. The van der Waals surface area contributed by atoms with Gasteiger partial charge in [-0.25, -0.2) is 9.87 Å². The van der Waals surface area contributed by atoms with E-state index in [4.69, 9.17) is 5.21 Å². The van der Waals surface area contributed by atoms with E-state index in [1.54, 1.807) is 17.6 Å². The Labute approximate surface area is 157 Å². The minimum absolute atomic E-state index is 0.215. The van der Waals surface area contributed by atoms with Crippen molar-refractivity contribution >= 4 is 16.8 Å². The van der Waals surface area contributed by atoms with E-state index in [1.807, 2.05) is 31.2 Å². The summed E-state index contributed by atoms with van der Waals surface area (Å²) >= 11 is 0. The Morgan fingerprint density at radius 3 is 2.59 bits per heavy atom. The van der Waals surface area contributed by atoms with Gasteiger partial charge in [-0.05, 0) is 61.2 Å². The molecule has 0 aliphatic rings. The largest absolute Gasteiger partial charge is 0.358 e. The second kappa shape index (κ2) is 8.79. The van der Waals surface area contributed by atoms with Crippen LogP contribution in [0, 0.1) is 12.7 Å². The van der Waals surface area contributed by atoms with Gasteiger partial charge in [0.05, 0.1) is 0 Å². The van der Waals surface area contributed by atoms with Gasteiger partial charge in [0.1, 0.15) is 5.82 Å². The zero-order chi connectivity index (χ0) is 19.2. The minimum atomic E-state index is -0.381. The van der Waals surface area contributed by atoms with Crippen LogP contribution in [0.5, 0.6) is 0 Å². The van der Waals surface area contributed by atoms with Crippen molar-refractivity contribution in [3.8, 4) is 0 Å². The molecule has 3 aromatic rings. The van der Waals surface area contributed by atoms with E-state index >= 15 is 0 Å². The molecular formula is C21H24FN3O2. The molecule has 0 unspecified atom stereocenters. The highest BCUT2D eigenvalue weighted by molar-refractivity contribution is 5.84. The summed E-state index contributed by atoms with van der Waals surface area (Å²) in [6.07, 6.45) is 1.68. The van der Waals surface area contributed by atoms with Gasteiger partial charge in [-0.1, -0.05) is 24.3 Å². The predicted molar refractivity (Wildman–Crippen MR) is 103 cm³/mol. The molecule has 1 amide bonds. The van der Waals surface area contributed by atoms with E-state index in [2.05, 4.69) is 10.3 Å². The number of hydrogen-bond acceptors (Lipinski definition) is 3. The summed E-state index contributed by atoms with van der Waals surface area (Å²) in [6, 6.07) is 12.9. The third-order valence-corrected chi connectivity index (χ3v) is 4.75. The SMILES string of the molecule is Cc1[nH]c2ccc(F)cc2c1CCNCc1ccc(CCC(=O)NO)cc1. The number of aromatic amines is 1. The normalized spacial score (nSPS) is 11.1. The molecule has 0 fully saturated rings. The van der Waals surface area contributed by atoms with E-state index in [0.29, 0.717) is 6.42 Å². The lowest BCUT2D eigenvalue weighted by molar-refractivity contribution is -0.129. The first kappa shape index (κ1) is 19.1. The van der Waals surface area contributed by atoms with Crippen LogP contribution >= 0.6 is 0 Å². The molecule has 0 aliphatic carbocycles. The number of H-pyrrole nitrogens is 1. The molecule has 1 aromatic heterocycles. The lowest BCUT2D eigenvalue weighted by Gasteiger charge is -2.07. The first-order chi connectivity index (χ1) is 13.1. The first-order valence-electron chi connectivity index (χ1n) is 9.05. The number of halogens is 1. The summed E-state index contributed by atoms with van der Waals surface area (Å²) in [6.45, 7) is 3.55. The maximum absolute atomic E-state index is 13.5. The third kappa shape index (κ3) is 4.93. The lowest BCUT2D eigenvalue weighted by atomic mass is 10.1. The molecule has 6 heteroatoms. The number of rotatable bonds is 8. The quantitative estimate of drug-likeness (QED) is 0.279. The molecule has 27 heavy (non-hydrogen) atoms. The monoisotopic (exact) mass is 369 g/mol. The number of fused-ring (bicyclic) bond motifs is 1. The smallest absolute Gasteiger partial charge is 0.243 e. The molecule has 0 atom stereocenters. The van der Waals surface area contributed by atoms with Crippen LogP contribution in [0.4, 0.5) is 4.39 Å². The van der Waals surface area contributed by atoms with Crippen molar-refractivity contribution in [1.29, 1.82) is 0 Å². The number of nitrogens with one attached hydrogen (secondary N) is 3. The molecule has 4 N–H and O–H groups in total. The van der Waals surface area contributed by atoms with Crippen LogP contribution in [-0.2, 0) is 24.2 Å². The average Bonchev–Trinajstić information content (AvgIpc) is 2.98. The van der Waals surface area contributed by atoms with Crippen molar-refractivity contribution in [2.75, 3.05) is 6.54 Å². The van der Waals surface area contributed by atoms with Gasteiger partial charge < -0.3 is 10.3 Å². The van der Waals surface area contributed by atoms with E-state index in [9.17, 15) is 9.18 Å². The number of hydrogen-bond donors (Lipinski definition) is 4. The molecule has 0 bridgehead atoms. The van der Waals surface area contributed by atoms with Crippen molar-refractivity contribution in [3.63, 3.8) is 0 Å². The van der Waals surface area contributed by atoms with E-state index in [1.165, 1.54) is 6.07 Å². The molecule has 0 saturated heterocycles. The zero-order valence-corrected chi connectivity index (χ0v) is 15.3. The molecule has 1 heterocycles. The highest BCUT2D eigenvalue weighted by atomic mass is 19.1. The van der Waals surface area contributed by atoms with Crippen LogP contribution in [0.15, 0.2) is 42.5 Å².